The van der Waals surface area contributed by atoms with E-state index in [0.29, 0.717) is 0 Å². The molecule has 0 aromatic rings. The summed E-state index contributed by atoms with van der Waals surface area (Å²) in [5.41, 5.74) is 4.55. The highest BCUT2D eigenvalue weighted by atomic mass is 16.4. The molecule has 0 saturated carbocycles. The number of nitrogens with two attached hydrogens (primary N) is 1. The van der Waals surface area contributed by atoms with E-state index >= 15 is 0 Å². The number of carbonyl (C=O) groups excluding carboxylic acids is 3. The summed E-state index contributed by atoms with van der Waals surface area (Å²) >= 11 is 0. The number of hydrogen-bond donors (Lipinski definition) is 7. The topological polar surface area (TPSA) is 250 Å². The maximum Gasteiger partial charge on any atom is 0.339 e. The molecule has 3 atom stereocenters. The third kappa shape index (κ3) is 21.6. The summed E-state index contributed by atoms with van der Waals surface area (Å²) in [5, 5.41) is 40.6. The van der Waals surface area contributed by atoms with Gasteiger partial charge in [-0.15, -0.1) is 0 Å². The highest BCUT2D eigenvalue weighted by Crippen LogP contribution is 2.09. The second-order valence-corrected chi connectivity index (χ2v) is 10.6. The van der Waals surface area contributed by atoms with Crippen molar-refractivity contribution in [2.24, 2.45) is 5.73 Å². The number of aliphatic carboxylic acids is 4. The van der Waals surface area contributed by atoms with Gasteiger partial charge in [0, 0.05) is 0 Å². The lowest BCUT2D eigenvalue weighted by atomic mass is 10.00. The number of rotatable bonds is 26. The van der Waals surface area contributed by atoms with Crippen LogP contribution in [0.5, 0.6) is 0 Å². The number of carboxylic acid groups (broad SMARTS) is 4. The number of carboxylic acids is 4. The molecule has 0 fully saturated rings. The third-order valence-electron chi connectivity index (χ3n) is 6.51. The Morgan fingerprint density at radius 3 is 1.56 bits per heavy atom. The molecule has 0 aliphatic carbocycles. The van der Waals surface area contributed by atoms with Crippen molar-refractivity contribution in [1.29, 1.82) is 0 Å². The van der Waals surface area contributed by atoms with Gasteiger partial charge < -0.3 is 36.8 Å². The Labute approximate surface area is 279 Å². The molecule has 0 saturated heterocycles. The number of nitrogens with one attached hydrogen (secondary N) is 2. The Kier molecular flexibility index (Phi) is 23.2. The number of Topliss-reactive ketones (excluding diaryl/α,β-unsaturated/α-hetero) is 1. The molecular formula is C34H47N3O11. The third-order valence-corrected chi connectivity index (χ3v) is 6.51. The van der Waals surface area contributed by atoms with E-state index in [1.54, 1.807) is 24.3 Å². The van der Waals surface area contributed by atoms with Crippen molar-refractivity contribution in [3.8, 4) is 0 Å². The van der Waals surface area contributed by atoms with Crippen LogP contribution in [0, 0.1) is 0 Å². The number of amides is 2. The van der Waals surface area contributed by atoms with Crippen molar-refractivity contribution < 1.29 is 54.0 Å². The van der Waals surface area contributed by atoms with Gasteiger partial charge in [-0.2, -0.15) is 0 Å². The van der Waals surface area contributed by atoms with Crippen LogP contribution in [-0.2, 0) is 33.6 Å². The van der Waals surface area contributed by atoms with Crippen molar-refractivity contribution in [3.05, 3.63) is 72.4 Å². The predicted octanol–water partition coefficient (Wildman–Crippen LogP) is 3.21. The maximum absolute atomic E-state index is 13.0. The van der Waals surface area contributed by atoms with Crippen LogP contribution < -0.4 is 16.4 Å². The molecule has 0 spiro atoms. The maximum atomic E-state index is 13.0. The zero-order valence-electron chi connectivity index (χ0n) is 27.1. The predicted molar refractivity (Wildman–Crippen MR) is 178 cm³/mol. The van der Waals surface area contributed by atoms with Crippen LogP contribution in [0.4, 0.5) is 0 Å². The fourth-order valence-electron chi connectivity index (χ4n) is 4.04. The number of unbranched alkanes of at least 4 members (excludes halogenated alkanes) is 7. The molecule has 0 aromatic heterocycles. The summed E-state index contributed by atoms with van der Waals surface area (Å²) in [4.78, 5) is 83.2. The summed E-state index contributed by atoms with van der Waals surface area (Å²) in [7, 11) is 0. The van der Waals surface area contributed by atoms with Gasteiger partial charge in [-0.3, -0.25) is 28.8 Å². The first-order valence-corrected chi connectivity index (χ1v) is 15.6. The summed E-state index contributed by atoms with van der Waals surface area (Å²) in [6, 6.07) is -5.50. The molecular weight excluding hydrogens is 626 g/mol. The first-order chi connectivity index (χ1) is 22.8. The molecule has 0 unspecified atom stereocenters. The Balaban J connectivity index is 5.32. The molecule has 8 N–H and O–H groups in total. The van der Waals surface area contributed by atoms with Gasteiger partial charge in [0.1, 0.15) is 17.7 Å². The minimum absolute atomic E-state index is 0.840. The molecule has 0 heterocycles. The smallest absolute Gasteiger partial charge is 0.339 e. The summed E-state index contributed by atoms with van der Waals surface area (Å²) in [5.74, 6) is -10.2. The first kappa shape index (κ1) is 42.9. The van der Waals surface area contributed by atoms with E-state index in [2.05, 4.69) is 13.0 Å². The average molecular weight is 674 g/mol. The minimum Gasteiger partial charge on any atom is -0.481 e. The first-order valence-electron chi connectivity index (χ1n) is 15.6. The summed E-state index contributed by atoms with van der Waals surface area (Å²) in [6.07, 6.45) is 24.9. The van der Waals surface area contributed by atoms with Crippen LogP contribution in [0.15, 0.2) is 72.4 Å². The molecule has 14 nitrogen and oxygen atoms in total. The Morgan fingerprint density at radius 2 is 1.04 bits per heavy atom. The number of hydrogen-bond acceptors (Lipinski definition) is 8. The second kappa shape index (κ2) is 26.0. The molecule has 0 aliphatic heterocycles. The SMILES string of the molecule is CCCCCCCCCC=CC=CC=CC=CC=CC=C(C(=O)O)C(=O)[C@H](CC(=O)O)NC(=O)[C@H](CC(=O)O)NC(=O)[C@@H](N)CC(=O)O. The molecule has 0 radical (unpaired) electrons. The highest BCUT2D eigenvalue weighted by molar-refractivity contribution is 6.20. The van der Waals surface area contributed by atoms with Crippen LogP contribution in [0.2, 0.25) is 0 Å². The summed E-state index contributed by atoms with van der Waals surface area (Å²) in [6.45, 7) is 2.20. The van der Waals surface area contributed by atoms with Crippen molar-refractivity contribution in [2.45, 2.75) is 95.7 Å². The average Bonchev–Trinajstić information content (AvgIpc) is 3.00. The van der Waals surface area contributed by atoms with Crippen molar-refractivity contribution >= 4 is 41.5 Å². The molecule has 0 bridgehead atoms. The Morgan fingerprint density at radius 1 is 0.583 bits per heavy atom. The fraction of sp³-hybridized carbons (Fsp3) is 0.441. The lowest BCUT2D eigenvalue weighted by Gasteiger charge is -2.22. The van der Waals surface area contributed by atoms with E-state index in [0.717, 1.165) is 12.5 Å². The van der Waals surface area contributed by atoms with Crippen molar-refractivity contribution in [1.82, 2.24) is 10.6 Å². The van der Waals surface area contributed by atoms with E-state index in [1.165, 1.54) is 57.1 Å². The molecule has 0 aliphatic rings. The molecule has 14 heteroatoms. The molecule has 264 valence electrons. The van der Waals surface area contributed by atoms with Crippen LogP contribution >= 0.6 is 0 Å². The van der Waals surface area contributed by atoms with Gasteiger partial charge in [0.25, 0.3) is 0 Å². The Hall–Kier alpha value is -5.11. The molecule has 0 rings (SSSR count). The van der Waals surface area contributed by atoms with Crippen LogP contribution in [0.3, 0.4) is 0 Å². The van der Waals surface area contributed by atoms with Crippen LogP contribution in [0.1, 0.15) is 77.6 Å². The van der Waals surface area contributed by atoms with E-state index in [1.807, 2.05) is 28.9 Å². The lowest BCUT2D eigenvalue weighted by molar-refractivity contribution is -0.143. The number of carbonyl (C=O) groups is 7. The van der Waals surface area contributed by atoms with Gasteiger partial charge in [0.05, 0.1) is 25.3 Å². The Bertz CT molecular complexity index is 1280. The van der Waals surface area contributed by atoms with Gasteiger partial charge in [0.2, 0.25) is 11.8 Å². The summed E-state index contributed by atoms with van der Waals surface area (Å²) < 4.78 is 0. The quantitative estimate of drug-likeness (QED) is 0.0230. The van der Waals surface area contributed by atoms with Gasteiger partial charge in [0.15, 0.2) is 5.78 Å². The van der Waals surface area contributed by atoms with Gasteiger partial charge in [-0.25, -0.2) is 4.79 Å². The molecule has 0 aromatic carbocycles. The van der Waals surface area contributed by atoms with E-state index in [9.17, 15) is 43.8 Å². The van der Waals surface area contributed by atoms with E-state index in [4.69, 9.17) is 15.9 Å². The van der Waals surface area contributed by atoms with Crippen LogP contribution in [0.25, 0.3) is 0 Å². The molecule has 2 amide bonds. The monoisotopic (exact) mass is 673 g/mol. The van der Waals surface area contributed by atoms with Gasteiger partial charge in [-0.1, -0.05) is 106 Å². The standard InChI is InChI=1S/C34H47N3O11/c1-2-3-4-5-6-7-8-9-10-11-12-13-14-15-16-17-18-19-20-24(34(47)48)31(44)26(22-29(40)41)36-33(46)27(23-30(42)43)37-32(45)25(35)21-28(38)39/h10-20,25-27H,2-9,21-23,35H2,1H3,(H,36,46)(H,37,45)(H,38,39)(H,40,41)(H,42,43)(H,47,48)/t25-,26-,27-/m0/s1. The van der Waals surface area contributed by atoms with Gasteiger partial charge in [-0.05, 0) is 18.9 Å². The normalized spacial score (nSPS) is 14.1. The lowest BCUT2D eigenvalue weighted by Crippen LogP contribution is -2.55. The molecule has 48 heavy (non-hydrogen) atoms. The zero-order chi connectivity index (χ0) is 36.3. The number of allylic oxidation sites excluding steroid dienone is 11. The zero-order valence-corrected chi connectivity index (χ0v) is 27.1. The largest absolute Gasteiger partial charge is 0.481 e. The van der Waals surface area contributed by atoms with Gasteiger partial charge >= 0.3 is 23.9 Å². The van der Waals surface area contributed by atoms with E-state index < -0.39 is 84.4 Å². The van der Waals surface area contributed by atoms with Crippen LogP contribution in [-0.4, -0.2) is 80.0 Å². The number of ketones is 1. The van der Waals surface area contributed by atoms with Crippen molar-refractivity contribution in [3.63, 3.8) is 0 Å². The fourth-order valence-corrected chi connectivity index (χ4v) is 4.04. The van der Waals surface area contributed by atoms with E-state index in [-0.39, 0.29) is 0 Å². The highest BCUT2D eigenvalue weighted by Gasteiger charge is 2.33. The van der Waals surface area contributed by atoms with Crippen molar-refractivity contribution in [2.75, 3.05) is 0 Å². The second-order valence-electron chi connectivity index (χ2n) is 10.6. The minimum atomic E-state index is -1.96.